The van der Waals surface area contributed by atoms with Crippen LogP contribution in [-0.4, -0.2) is 32.0 Å². The first-order valence-electron chi connectivity index (χ1n) is 5.90. The topological polar surface area (TPSA) is 46.9 Å². The summed E-state index contributed by atoms with van der Waals surface area (Å²) < 4.78 is 13.2. The summed E-state index contributed by atoms with van der Waals surface area (Å²) in [6.45, 7) is 9.00. The molecule has 0 bridgehead atoms. The second-order valence-electron chi connectivity index (χ2n) is 4.65. The average molecular weight is 257 g/mol. The fraction of sp³-hybridized carbons (Fsp3) is 0.750. The molecule has 1 aromatic heterocycles. The molecular weight excluding hydrogens is 234 g/mol. The number of nitrogens with zero attached hydrogens (tertiary/aromatic N) is 2. The molecule has 3 unspecified atom stereocenters. The molecule has 4 nitrogen and oxygen atoms in total. The highest BCUT2D eigenvalue weighted by Crippen LogP contribution is 2.20. The van der Waals surface area contributed by atoms with Crippen LogP contribution in [0.4, 0.5) is 0 Å². The molecule has 0 spiro atoms. The summed E-state index contributed by atoms with van der Waals surface area (Å²) in [6, 6.07) is 0.245. The molecule has 1 aromatic rings. The Kier molecular flexibility index (Phi) is 4.89. The average Bonchev–Trinajstić information content (AvgIpc) is 2.49. The Morgan fingerprint density at radius 3 is 2.41 bits per heavy atom. The molecule has 0 aliphatic rings. The van der Waals surface area contributed by atoms with Crippen LogP contribution in [0, 0.1) is 13.8 Å². The van der Waals surface area contributed by atoms with Gasteiger partial charge in [-0.3, -0.25) is 8.89 Å². The molecule has 0 saturated carbocycles. The van der Waals surface area contributed by atoms with E-state index in [1.165, 1.54) is 11.3 Å². The van der Waals surface area contributed by atoms with Crippen LogP contribution in [-0.2, 0) is 17.8 Å². The Labute approximate surface area is 106 Å². The van der Waals surface area contributed by atoms with Gasteiger partial charge >= 0.3 is 0 Å². The van der Waals surface area contributed by atoms with E-state index >= 15 is 0 Å². The summed E-state index contributed by atoms with van der Waals surface area (Å²) in [5.41, 5.74) is 3.50. The Morgan fingerprint density at radius 1 is 1.41 bits per heavy atom. The van der Waals surface area contributed by atoms with Gasteiger partial charge in [-0.05, 0) is 27.7 Å². The van der Waals surface area contributed by atoms with E-state index in [1.54, 1.807) is 6.26 Å². The molecule has 0 aromatic carbocycles. The predicted molar refractivity (Wildman–Crippen MR) is 72.6 cm³/mol. The van der Waals surface area contributed by atoms with Crippen LogP contribution < -0.4 is 5.32 Å². The first-order valence-corrected chi connectivity index (χ1v) is 7.52. The SMILES string of the molecule is Cc1nn(C)c(C)c1C(C)NCC(C)S(C)=O. The van der Waals surface area contributed by atoms with Crippen LogP contribution in [0.15, 0.2) is 0 Å². The Morgan fingerprint density at radius 2 is 2.00 bits per heavy atom. The molecule has 98 valence electrons. The molecule has 5 heteroatoms. The second-order valence-corrected chi connectivity index (χ2v) is 6.45. The third kappa shape index (κ3) is 3.39. The third-order valence-electron chi connectivity index (χ3n) is 3.28. The maximum absolute atomic E-state index is 11.3. The van der Waals surface area contributed by atoms with E-state index in [2.05, 4.69) is 24.3 Å². The van der Waals surface area contributed by atoms with Crippen LogP contribution in [0.1, 0.15) is 36.8 Å². The van der Waals surface area contributed by atoms with Gasteiger partial charge in [0.2, 0.25) is 0 Å². The number of aryl methyl sites for hydroxylation is 2. The molecular formula is C12H23N3OS. The van der Waals surface area contributed by atoms with Crippen LogP contribution >= 0.6 is 0 Å². The van der Waals surface area contributed by atoms with Gasteiger partial charge in [-0.15, -0.1) is 0 Å². The maximum Gasteiger partial charge on any atom is 0.0644 e. The zero-order valence-electron chi connectivity index (χ0n) is 11.6. The first kappa shape index (κ1) is 14.4. The van der Waals surface area contributed by atoms with Gasteiger partial charge in [0.25, 0.3) is 0 Å². The number of rotatable bonds is 5. The lowest BCUT2D eigenvalue weighted by Gasteiger charge is -2.17. The predicted octanol–water partition coefficient (Wildman–Crippen LogP) is 1.45. The number of aromatic nitrogens is 2. The maximum atomic E-state index is 11.3. The molecule has 0 amide bonds. The highest BCUT2D eigenvalue weighted by molar-refractivity contribution is 7.84. The lowest BCUT2D eigenvalue weighted by molar-refractivity contribution is 0.563. The lowest BCUT2D eigenvalue weighted by Crippen LogP contribution is -2.30. The van der Waals surface area contributed by atoms with E-state index in [1.807, 2.05) is 25.6 Å². The third-order valence-corrected chi connectivity index (χ3v) is 4.58. The molecule has 1 rings (SSSR count). The van der Waals surface area contributed by atoms with Crippen molar-refractivity contribution in [3.8, 4) is 0 Å². The molecule has 0 fully saturated rings. The van der Waals surface area contributed by atoms with E-state index in [-0.39, 0.29) is 11.3 Å². The normalized spacial score (nSPS) is 16.8. The molecule has 0 aliphatic carbocycles. The van der Waals surface area contributed by atoms with Crippen LogP contribution in [0.2, 0.25) is 0 Å². The van der Waals surface area contributed by atoms with Crippen LogP contribution in [0.3, 0.4) is 0 Å². The van der Waals surface area contributed by atoms with Crippen LogP contribution in [0.5, 0.6) is 0 Å². The molecule has 0 saturated heterocycles. The summed E-state index contributed by atoms with van der Waals surface area (Å²) in [4.78, 5) is 0. The zero-order chi connectivity index (χ0) is 13.2. The fourth-order valence-electron chi connectivity index (χ4n) is 1.98. The van der Waals surface area contributed by atoms with Crippen molar-refractivity contribution in [1.82, 2.24) is 15.1 Å². The summed E-state index contributed by atoms with van der Waals surface area (Å²) in [6.07, 6.45) is 1.75. The largest absolute Gasteiger partial charge is 0.309 e. The minimum Gasteiger partial charge on any atom is -0.309 e. The smallest absolute Gasteiger partial charge is 0.0644 e. The van der Waals surface area contributed by atoms with Crippen molar-refractivity contribution in [3.63, 3.8) is 0 Å². The Hall–Kier alpha value is -0.680. The molecule has 1 heterocycles. The van der Waals surface area contributed by atoms with Crippen LogP contribution in [0.25, 0.3) is 0 Å². The lowest BCUT2D eigenvalue weighted by atomic mass is 10.1. The van der Waals surface area contributed by atoms with Gasteiger partial charge in [0.15, 0.2) is 0 Å². The van der Waals surface area contributed by atoms with Gasteiger partial charge in [0.1, 0.15) is 0 Å². The minimum atomic E-state index is -0.772. The van der Waals surface area contributed by atoms with Crippen molar-refractivity contribution in [3.05, 3.63) is 17.0 Å². The minimum absolute atomic E-state index is 0.176. The molecule has 3 atom stereocenters. The van der Waals surface area contributed by atoms with Crippen molar-refractivity contribution in [1.29, 1.82) is 0 Å². The summed E-state index contributed by atoms with van der Waals surface area (Å²) >= 11 is 0. The van der Waals surface area contributed by atoms with E-state index in [9.17, 15) is 4.21 Å². The quantitative estimate of drug-likeness (QED) is 0.868. The molecule has 17 heavy (non-hydrogen) atoms. The number of nitrogens with one attached hydrogen (secondary N) is 1. The van der Waals surface area contributed by atoms with E-state index < -0.39 is 10.8 Å². The highest BCUT2D eigenvalue weighted by Gasteiger charge is 2.17. The molecule has 1 N–H and O–H groups in total. The van der Waals surface area contributed by atoms with E-state index in [0.29, 0.717) is 0 Å². The van der Waals surface area contributed by atoms with Crippen molar-refractivity contribution < 1.29 is 4.21 Å². The van der Waals surface area contributed by atoms with Gasteiger partial charge in [-0.25, -0.2) is 0 Å². The van der Waals surface area contributed by atoms with Gasteiger partial charge in [-0.1, -0.05) is 0 Å². The van der Waals surface area contributed by atoms with Crippen molar-refractivity contribution >= 4 is 10.8 Å². The second kappa shape index (κ2) is 5.78. The van der Waals surface area contributed by atoms with Gasteiger partial charge < -0.3 is 5.32 Å². The molecule has 0 radical (unpaired) electrons. The number of hydrogen-bond donors (Lipinski definition) is 1. The monoisotopic (exact) mass is 257 g/mol. The Bertz CT molecular complexity index is 414. The van der Waals surface area contributed by atoms with Gasteiger partial charge in [0.05, 0.1) is 5.69 Å². The Balaban J connectivity index is 2.70. The standard InChI is InChI=1S/C12H23N3OS/c1-8(17(6)16)7-13-9(2)12-10(3)14-15(5)11(12)4/h8-9,13H,7H2,1-6H3. The van der Waals surface area contributed by atoms with Gasteiger partial charge in [0, 0.05) is 53.2 Å². The first-order chi connectivity index (χ1) is 7.84. The molecule has 0 aliphatic heterocycles. The highest BCUT2D eigenvalue weighted by atomic mass is 32.2. The fourth-order valence-corrected chi connectivity index (χ4v) is 2.31. The van der Waals surface area contributed by atoms with Gasteiger partial charge in [-0.2, -0.15) is 5.10 Å². The van der Waals surface area contributed by atoms with E-state index in [0.717, 1.165) is 12.2 Å². The van der Waals surface area contributed by atoms with Crippen molar-refractivity contribution in [2.75, 3.05) is 12.8 Å². The van der Waals surface area contributed by atoms with Crippen molar-refractivity contribution in [2.45, 2.75) is 39.0 Å². The number of hydrogen-bond acceptors (Lipinski definition) is 3. The van der Waals surface area contributed by atoms with Crippen molar-refractivity contribution in [2.24, 2.45) is 7.05 Å². The summed E-state index contributed by atoms with van der Waals surface area (Å²) in [5, 5.41) is 8.01. The summed E-state index contributed by atoms with van der Waals surface area (Å²) in [7, 11) is 1.19. The van der Waals surface area contributed by atoms with E-state index in [4.69, 9.17) is 0 Å². The summed E-state index contributed by atoms with van der Waals surface area (Å²) in [5.74, 6) is 0. The zero-order valence-corrected chi connectivity index (χ0v) is 12.4.